The van der Waals surface area contributed by atoms with Crippen LogP contribution >= 0.6 is 0 Å². The number of rotatable bonds is 4. The first kappa shape index (κ1) is 12.2. The Kier molecular flexibility index (Phi) is 3.40. The zero-order valence-corrected chi connectivity index (χ0v) is 11.1. The highest BCUT2D eigenvalue weighted by Crippen LogP contribution is 2.44. The number of aliphatic hydroxyl groups is 1. The number of fused-ring (bicyclic) bond motifs is 2. The van der Waals surface area contributed by atoms with Gasteiger partial charge in [0.1, 0.15) is 0 Å². The Morgan fingerprint density at radius 1 is 1.28 bits per heavy atom. The van der Waals surface area contributed by atoms with Crippen molar-refractivity contribution in [1.82, 2.24) is 5.32 Å². The number of hydrogen-bond donors (Lipinski definition) is 2. The van der Waals surface area contributed by atoms with E-state index in [2.05, 4.69) is 18.3 Å². The first-order valence-corrected chi connectivity index (χ1v) is 7.21. The SMILES string of the molecule is Cc1ccccc1C(O)CNC1CC2CCC1C2. The van der Waals surface area contributed by atoms with E-state index >= 15 is 0 Å². The van der Waals surface area contributed by atoms with Gasteiger partial charge in [0.15, 0.2) is 0 Å². The zero-order valence-electron chi connectivity index (χ0n) is 11.1. The molecule has 0 spiro atoms. The first-order chi connectivity index (χ1) is 8.74. The zero-order chi connectivity index (χ0) is 12.5. The summed E-state index contributed by atoms with van der Waals surface area (Å²) < 4.78 is 0. The van der Waals surface area contributed by atoms with Crippen molar-refractivity contribution in [2.24, 2.45) is 11.8 Å². The Bertz CT molecular complexity index is 417. The van der Waals surface area contributed by atoms with Gasteiger partial charge >= 0.3 is 0 Å². The molecule has 98 valence electrons. The lowest BCUT2D eigenvalue weighted by atomic mass is 9.95. The molecule has 0 aromatic heterocycles. The van der Waals surface area contributed by atoms with Gasteiger partial charge in [-0.2, -0.15) is 0 Å². The van der Waals surface area contributed by atoms with Crippen LogP contribution in [0.25, 0.3) is 0 Å². The molecule has 2 heteroatoms. The van der Waals surface area contributed by atoms with Crippen LogP contribution in [0.2, 0.25) is 0 Å². The molecule has 2 bridgehead atoms. The minimum Gasteiger partial charge on any atom is -0.387 e. The third-order valence-corrected chi connectivity index (χ3v) is 4.86. The van der Waals surface area contributed by atoms with Crippen LogP contribution in [-0.4, -0.2) is 17.7 Å². The van der Waals surface area contributed by atoms with E-state index in [0.29, 0.717) is 12.6 Å². The van der Waals surface area contributed by atoms with Crippen molar-refractivity contribution < 1.29 is 5.11 Å². The summed E-state index contributed by atoms with van der Waals surface area (Å²) in [6, 6.07) is 8.78. The quantitative estimate of drug-likeness (QED) is 0.855. The fourth-order valence-corrected chi connectivity index (χ4v) is 3.83. The van der Waals surface area contributed by atoms with Crippen LogP contribution in [0.5, 0.6) is 0 Å². The van der Waals surface area contributed by atoms with Crippen molar-refractivity contribution >= 4 is 0 Å². The molecule has 18 heavy (non-hydrogen) atoms. The lowest BCUT2D eigenvalue weighted by Gasteiger charge is -2.25. The third-order valence-electron chi connectivity index (χ3n) is 4.86. The van der Waals surface area contributed by atoms with Gasteiger partial charge in [0.05, 0.1) is 6.10 Å². The molecule has 4 atom stereocenters. The van der Waals surface area contributed by atoms with E-state index in [1.54, 1.807) is 0 Å². The fraction of sp³-hybridized carbons (Fsp3) is 0.625. The topological polar surface area (TPSA) is 32.3 Å². The van der Waals surface area contributed by atoms with Gasteiger partial charge in [-0.25, -0.2) is 0 Å². The van der Waals surface area contributed by atoms with E-state index in [1.165, 1.54) is 31.2 Å². The summed E-state index contributed by atoms with van der Waals surface area (Å²) >= 11 is 0. The maximum Gasteiger partial charge on any atom is 0.0917 e. The normalized spacial score (nSPS) is 31.8. The molecule has 0 heterocycles. The first-order valence-electron chi connectivity index (χ1n) is 7.21. The van der Waals surface area contributed by atoms with Gasteiger partial charge in [-0.1, -0.05) is 30.7 Å². The predicted molar refractivity (Wildman–Crippen MR) is 73.4 cm³/mol. The molecule has 0 amide bonds. The number of hydrogen-bond acceptors (Lipinski definition) is 2. The van der Waals surface area contributed by atoms with Gasteiger partial charge in [-0.15, -0.1) is 0 Å². The fourth-order valence-electron chi connectivity index (χ4n) is 3.83. The Labute approximate surface area is 109 Å². The van der Waals surface area contributed by atoms with Crippen molar-refractivity contribution in [3.63, 3.8) is 0 Å². The molecule has 3 rings (SSSR count). The molecule has 1 aromatic rings. The van der Waals surface area contributed by atoms with E-state index in [-0.39, 0.29) is 6.10 Å². The summed E-state index contributed by atoms with van der Waals surface area (Å²) in [5.74, 6) is 1.84. The molecule has 4 unspecified atom stereocenters. The van der Waals surface area contributed by atoms with Gasteiger partial charge in [0.2, 0.25) is 0 Å². The van der Waals surface area contributed by atoms with Crippen LogP contribution in [0.15, 0.2) is 24.3 Å². The largest absolute Gasteiger partial charge is 0.387 e. The highest BCUT2D eigenvalue weighted by molar-refractivity contribution is 5.27. The summed E-state index contributed by atoms with van der Waals surface area (Å²) in [7, 11) is 0. The number of aliphatic hydroxyl groups excluding tert-OH is 1. The molecular formula is C16H23NO. The van der Waals surface area contributed by atoms with Gasteiger partial charge in [0.25, 0.3) is 0 Å². The van der Waals surface area contributed by atoms with Crippen LogP contribution in [-0.2, 0) is 0 Å². The van der Waals surface area contributed by atoms with Crippen LogP contribution in [0.4, 0.5) is 0 Å². The standard InChI is InChI=1S/C16H23NO/c1-11-4-2-3-5-14(11)16(18)10-17-15-9-12-6-7-13(15)8-12/h2-5,12-13,15-18H,6-10H2,1H3. The highest BCUT2D eigenvalue weighted by atomic mass is 16.3. The van der Waals surface area contributed by atoms with Gasteiger partial charge in [-0.3, -0.25) is 0 Å². The summed E-state index contributed by atoms with van der Waals surface area (Å²) in [5, 5.41) is 13.9. The van der Waals surface area contributed by atoms with Crippen molar-refractivity contribution in [1.29, 1.82) is 0 Å². The Balaban J connectivity index is 1.56. The van der Waals surface area contributed by atoms with Crippen molar-refractivity contribution in [2.45, 2.75) is 44.8 Å². The molecule has 2 aliphatic rings. The van der Waals surface area contributed by atoms with Crippen LogP contribution < -0.4 is 5.32 Å². The minimum absolute atomic E-state index is 0.370. The summed E-state index contributed by atoms with van der Waals surface area (Å²) in [4.78, 5) is 0. The molecule has 2 fully saturated rings. The summed E-state index contributed by atoms with van der Waals surface area (Å²) in [6.07, 6.45) is 5.19. The second-order valence-electron chi connectivity index (χ2n) is 6.06. The number of aryl methyl sites for hydroxylation is 1. The molecule has 0 aliphatic heterocycles. The summed E-state index contributed by atoms with van der Waals surface area (Å²) in [5.41, 5.74) is 2.24. The molecule has 2 nitrogen and oxygen atoms in total. The van der Waals surface area contributed by atoms with E-state index in [1.807, 2.05) is 18.2 Å². The molecule has 2 N–H and O–H groups in total. The Morgan fingerprint density at radius 3 is 2.78 bits per heavy atom. The van der Waals surface area contributed by atoms with E-state index in [4.69, 9.17) is 0 Å². The monoisotopic (exact) mass is 245 g/mol. The molecule has 2 aliphatic carbocycles. The van der Waals surface area contributed by atoms with Crippen molar-refractivity contribution in [3.05, 3.63) is 35.4 Å². The second-order valence-corrected chi connectivity index (χ2v) is 6.06. The summed E-state index contributed by atoms with van der Waals surface area (Å²) in [6.45, 7) is 2.76. The molecule has 1 aromatic carbocycles. The second kappa shape index (κ2) is 5.02. The molecule has 0 radical (unpaired) electrons. The maximum absolute atomic E-state index is 10.3. The Morgan fingerprint density at radius 2 is 2.11 bits per heavy atom. The van der Waals surface area contributed by atoms with Crippen molar-refractivity contribution in [2.75, 3.05) is 6.54 Å². The predicted octanol–water partition coefficient (Wildman–Crippen LogP) is 2.81. The van der Waals surface area contributed by atoms with Crippen molar-refractivity contribution in [3.8, 4) is 0 Å². The molecule has 2 saturated carbocycles. The van der Waals surface area contributed by atoms with Gasteiger partial charge in [-0.05, 0) is 49.1 Å². The number of nitrogens with one attached hydrogen (secondary N) is 1. The van der Waals surface area contributed by atoms with E-state index in [0.717, 1.165) is 17.4 Å². The average Bonchev–Trinajstić information content (AvgIpc) is 2.98. The van der Waals surface area contributed by atoms with Gasteiger partial charge in [0, 0.05) is 12.6 Å². The van der Waals surface area contributed by atoms with Crippen LogP contribution in [0, 0.1) is 18.8 Å². The third kappa shape index (κ3) is 2.32. The van der Waals surface area contributed by atoms with E-state index < -0.39 is 0 Å². The Hall–Kier alpha value is -0.860. The number of benzene rings is 1. The van der Waals surface area contributed by atoms with E-state index in [9.17, 15) is 5.11 Å². The minimum atomic E-state index is -0.370. The average molecular weight is 245 g/mol. The lowest BCUT2D eigenvalue weighted by molar-refractivity contribution is 0.163. The maximum atomic E-state index is 10.3. The highest BCUT2D eigenvalue weighted by Gasteiger charge is 2.39. The van der Waals surface area contributed by atoms with Crippen LogP contribution in [0.1, 0.15) is 42.9 Å². The lowest BCUT2D eigenvalue weighted by Crippen LogP contribution is -2.36. The molecule has 0 saturated heterocycles. The van der Waals surface area contributed by atoms with Crippen LogP contribution in [0.3, 0.4) is 0 Å². The molecular weight excluding hydrogens is 222 g/mol. The smallest absolute Gasteiger partial charge is 0.0917 e. The van der Waals surface area contributed by atoms with Gasteiger partial charge < -0.3 is 10.4 Å².